The molecule has 7 heteroatoms. The Labute approximate surface area is 121 Å². The van der Waals surface area contributed by atoms with Crippen molar-refractivity contribution in [3.63, 3.8) is 0 Å². The summed E-state index contributed by atoms with van der Waals surface area (Å²) < 4.78 is 10.2. The first kappa shape index (κ1) is 13.7. The van der Waals surface area contributed by atoms with Gasteiger partial charge in [-0.3, -0.25) is 0 Å². The van der Waals surface area contributed by atoms with Crippen molar-refractivity contribution < 1.29 is 9.26 Å². The molecule has 2 aromatic heterocycles. The summed E-state index contributed by atoms with van der Waals surface area (Å²) in [6, 6.07) is 7.72. The van der Waals surface area contributed by atoms with Crippen molar-refractivity contribution in [1.29, 1.82) is 0 Å². The number of benzene rings is 1. The van der Waals surface area contributed by atoms with Crippen LogP contribution in [0.3, 0.4) is 0 Å². The Morgan fingerprint density at radius 1 is 1.33 bits per heavy atom. The molecule has 1 unspecified atom stereocenters. The molecule has 0 saturated heterocycles. The Morgan fingerprint density at radius 2 is 2.19 bits per heavy atom. The molecule has 0 bridgehead atoms. The van der Waals surface area contributed by atoms with E-state index in [1.54, 1.807) is 7.11 Å². The first-order valence-corrected chi connectivity index (χ1v) is 6.74. The van der Waals surface area contributed by atoms with E-state index in [1.807, 2.05) is 24.3 Å². The van der Waals surface area contributed by atoms with Gasteiger partial charge in [0, 0.05) is 19.6 Å². The van der Waals surface area contributed by atoms with Gasteiger partial charge in [0.1, 0.15) is 5.82 Å². The average Bonchev–Trinajstić information content (AvgIpc) is 3.05. The molecule has 1 atom stereocenters. The maximum absolute atomic E-state index is 5.86. The number of aromatic nitrogens is 4. The molecular weight excluding hydrogens is 270 g/mol. The van der Waals surface area contributed by atoms with Crippen LogP contribution in [0.1, 0.15) is 17.5 Å². The zero-order chi connectivity index (χ0) is 14.7. The third-order valence-corrected chi connectivity index (χ3v) is 3.09. The van der Waals surface area contributed by atoms with Gasteiger partial charge in [-0.2, -0.15) is 4.98 Å². The van der Waals surface area contributed by atoms with Crippen molar-refractivity contribution in [2.75, 3.05) is 13.7 Å². The molecule has 0 amide bonds. The van der Waals surface area contributed by atoms with Gasteiger partial charge < -0.3 is 20.0 Å². The van der Waals surface area contributed by atoms with Gasteiger partial charge in [0.05, 0.1) is 24.1 Å². The summed E-state index contributed by atoms with van der Waals surface area (Å²) in [6.45, 7) is 0.460. The molecule has 0 spiro atoms. The van der Waals surface area contributed by atoms with Gasteiger partial charge in [0.2, 0.25) is 5.89 Å². The van der Waals surface area contributed by atoms with E-state index in [1.165, 1.54) is 0 Å². The number of H-pyrrole nitrogens is 1. The van der Waals surface area contributed by atoms with Crippen LogP contribution in [0.4, 0.5) is 0 Å². The zero-order valence-electron chi connectivity index (χ0n) is 11.7. The molecular formula is C14H17N5O2. The van der Waals surface area contributed by atoms with E-state index >= 15 is 0 Å². The normalized spacial score (nSPS) is 12.9. The Bertz CT molecular complexity index is 688. The van der Waals surface area contributed by atoms with Crippen LogP contribution in [0.25, 0.3) is 11.0 Å². The van der Waals surface area contributed by atoms with Gasteiger partial charge in [-0.05, 0) is 12.1 Å². The molecule has 0 saturated carbocycles. The number of aromatic amines is 1. The Kier molecular flexibility index (Phi) is 3.94. The summed E-state index contributed by atoms with van der Waals surface area (Å²) in [5.41, 5.74) is 7.79. The van der Waals surface area contributed by atoms with Crippen molar-refractivity contribution in [2.45, 2.75) is 18.9 Å². The molecule has 2 heterocycles. The first-order chi connectivity index (χ1) is 10.2. The number of methoxy groups -OCH3 is 1. The van der Waals surface area contributed by atoms with E-state index in [-0.39, 0.29) is 6.04 Å². The maximum atomic E-state index is 5.86. The molecule has 110 valence electrons. The summed E-state index contributed by atoms with van der Waals surface area (Å²) in [6.07, 6.45) is 0.999. The van der Waals surface area contributed by atoms with Gasteiger partial charge in [0.25, 0.3) is 0 Å². The number of nitrogens with zero attached hydrogens (tertiary/aromatic N) is 3. The molecule has 7 nitrogen and oxygen atoms in total. The fourth-order valence-corrected chi connectivity index (χ4v) is 2.18. The lowest BCUT2D eigenvalue weighted by molar-refractivity contribution is 0.176. The molecule has 0 aliphatic heterocycles. The van der Waals surface area contributed by atoms with Gasteiger partial charge >= 0.3 is 0 Å². The minimum Gasteiger partial charge on any atom is -0.383 e. The molecule has 0 aliphatic rings. The van der Waals surface area contributed by atoms with E-state index < -0.39 is 0 Å². The molecule has 0 radical (unpaired) electrons. The summed E-state index contributed by atoms with van der Waals surface area (Å²) in [5, 5.41) is 3.95. The Hall–Kier alpha value is -2.25. The van der Waals surface area contributed by atoms with Crippen LogP contribution in [0.5, 0.6) is 0 Å². The van der Waals surface area contributed by atoms with Crippen molar-refractivity contribution in [3.05, 3.63) is 41.8 Å². The summed E-state index contributed by atoms with van der Waals surface area (Å²) in [5.74, 6) is 1.92. The Morgan fingerprint density at radius 3 is 3.00 bits per heavy atom. The third-order valence-electron chi connectivity index (χ3n) is 3.09. The Balaban J connectivity index is 1.69. The fraction of sp³-hybridized carbons (Fsp3) is 0.357. The van der Waals surface area contributed by atoms with Crippen LogP contribution in [-0.4, -0.2) is 39.9 Å². The van der Waals surface area contributed by atoms with Gasteiger partial charge in [-0.1, -0.05) is 17.3 Å². The van der Waals surface area contributed by atoms with E-state index in [0.29, 0.717) is 31.2 Å². The summed E-state index contributed by atoms with van der Waals surface area (Å²) >= 11 is 0. The highest BCUT2D eigenvalue weighted by Gasteiger charge is 2.13. The quantitative estimate of drug-likeness (QED) is 0.702. The highest BCUT2D eigenvalue weighted by molar-refractivity contribution is 5.74. The highest BCUT2D eigenvalue weighted by Crippen LogP contribution is 2.12. The van der Waals surface area contributed by atoms with Crippen LogP contribution in [0.15, 0.2) is 28.8 Å². The van der Waals surface area contributed by atoms with Crippen LogP contribution in [-0.2, 0) is 17.6 Å². The van der Waals surface area contributed by atoms with Crippen LogP contribution < -0.4 is 5.73 Å². The van der Waals surface area contributed by atoms with Gasteiger partial charge in [-0.15, -0.1) is 0 Å². The number of nitrogens with one attached hydrogen (secondary N) is 1. The predicted molar refractivity (Wildman–Crippen MR) is 76.8 cm³/mol. The number of fused-ring (bicyclic) bond motifs is 1. The number of rotatable bonds is 6. The third kappa shape index (κ3) is 3.26. The van der Waals surface area contributed by atoms with E-state index in [4.69, 9.17) is 15.0 Å². The topological polar surface area (TPSA) is 103 Å². The monoisotopic (exact) mass is 287 g/mol. The smallest absolute Gasteiger partial charge is 0.228 e. The number of imidazole rings is 1. The molecule has 3 rings (SSSR count). The molecule has 0 fully saturated rings. The largest absolute Gasteiger partial charge is 0.383 e. The minimum absolute atomic E-state index is 0.144. The molecule has 21 heavy (non-hydrogen) atoms. The highest BCUT2D eigenvalue weighted by atomic mass is 16.5. The second-order valence-corrected chi connectivity index (χ2v) is 4.90. The van der Waals surface area contributed by atoms with E-state index in [9.17, 15) is 0 Å². The number of hydrogen-bond acceptors (Lipinski definition) is 6. The lowest BCUT2D eigenvalue weighted by Crippen LogP contribution is -2.28. The molecule has 0 aliphatic carbocycles. The fourth-order valence-electron chi connectivity index (χ4n) is 2.18. The zero-order valence-corrected chi connectivity index (χ0v) is 11.7. The average molecular weight is 287 g/mol. The van der Waals surface area contributed by atoms with Crippen molar-refractivity contribution in [3.8, 4) is 0 Å². The van der Waals surface area contributed by atoms with Gasteiger partial charge in [0.15, 0.2) is 5.82 Å². The summed E-state index contributed by atoms with van der Waals surface area (Å²) in [4.78, 5) is 12.0. The number of hydrogen-bond donors (Lipinski definition) is 2. The maximum Gasteiger partial charge on any atom is 0.228 e. The molecule has 1 aromatic carbocycles. The van der Waals surface area contributed by atoms with E-state index in [0.717, 1.165) is 16.9 Å². The SMILES string of the molecule is COCC(N)Cc1nc(Cc2nc3ccccc3[nH]2)no1. The molecule has 3 aromatic rings. The van der Waals surface area contributed by atoms with Crippen molar-refractivity contribution in [1.82, 2.24) is 20.1 Å². The predicted octanol–water partition coefficient (Wildman–Crippen LogP) is 1.05. The van der Waals surface area contributed by atoms with Crippen LogP contribution in [0, 0.1) is 0 Å². The second-order valence-electron chi connectivity index (χ2n) is 4.90. The number of para-hydroxylation sites is 2. The lowest BCUT2D eigenvalue weighted by Gasteiger charge is -2.05. The lowest BCUT2D eigenvalue weighted by atomic mass is 10.2. The second kappa shape index (κ2) is 6.02. The van der Waals surface area contributed by atoms with Crippen LogP contribution >= 0.6 is 0 Å². The first-order valence-electron chi connectivity index (χ1n) is 6.74. The number of nitrogens with two attached hydrogens (primary N) is 1. The van der Waals surface area contributed by atoms with Crippen molar-refractivity contribution >= 4 is 11.0 Å². The summed E-state index contributed by atoms with van der Waals surface area (Å²) in [7, 11) is 1.61. The van der Waals surface area contributed by atoms with Crippen molar-refractivity contribution in [2.24, 2.45) is 5.73 Å². The van der Waals surface area contributed by atoms with Crippen LogP contribution in [0.2, 0.25) is 0 Å². The standard InChI is InChI=1S/C14H17N5O2/c1-20-8-9(15)6-14-18-13(19-21-14)7-12-16-10-4-2-3-5-11(10)17-12/h2-5,9H,6-8,15H2,1H3,(H,16,17). The van der Waals surface area contributed by atoms with E-state index in [2.05, 4.69) is 20.1 Å². The minimum atomic E-state index is -0.144. The number of ether oxygens (including phenoxy) is 1. The molecule has 3 N–H and O–H groups in total. The van der Waals surface area contributed by atoms with Gasteiger partial charge in [-0.25, -0.2) is 4.98 Å².